The average Bonchev–Trinajstić information content (AvgIpc) is 2.37. The van der Waals surface area contributed by atoms with Crippen molar-refractivity contribution in [3.8, 4) is 0 Å². The summed E-state index contributed by atoms with van der Waals surface area (Å²) in [6.45, 7) is -0.242. The molecule has 0 aliphatic carbocycles. The summed E-state index contributed by atoms with van der Waals surface area (Å²) < 4.78 is 53.4. The van der Waals surface area contributed by atoms with Gasteiger partial charge in [-0.15, -0.1) is 0 Å². The highest BCUT2D eigenvalue weighted by Crippen LogP contribution is 2.29. The number of halogens is 2. The SMILES string of the molecule is Nc1cc(F)c(S(=O)(=O)N2CCCCC2CO)c(F)c1. The first-order chi connectivity index (χ1) is 9.37. The molecule has 0 saturated carbocycles. The second kappa shape index (κ2) is 5.63. The molecule has 0 radical (unpaired) electrons. The molecule has 1 aromatic rings. The van der Waals surface area contributed by atoms with Crippen LogP contribution in [0.3, 0.4) is 0 Å². The summed E-state index contributed by atoms with van der Waals surface area (Å²) in [6, 6.07) is 0.895. The lowest BCUT2D eigenvalue weighted by Crippen LogP contribution is -2.46. The van der Waals surface area contributed by atoms with Gasteiger partial charge in [0.2, 0.25) is 10.0 Å². The van der Waals surface area contributed by atoms with Crippen LogP contribution in [0.4, 0.5) is 14.5 Å². The minimum Gasteiger partial charge on any atom is -0.399 e. The van der Waals surface area contributed by atoms with E-state index in [-0.39, 0.29) is 18.8 Å². The van der Waals surface area contributed by atoms with E-state index in [1.54, 1.807) is 0 Å². The van der Waals surface area contributed by atoms with Gasteiger partial charge >= 0.3 is 0 Å². The van der Waals surface area contributed by atoms with E-state index in [4.69, 9.17) is 5.73 Å². The van der Waals surface area contributed by atoms with E-state index in [1.165, 1.54) is 0 Å². The molecule has 3 N–H and O–H groups in total. The van der Waals surface area contributed by atoms with Crippen LogP contribution in [0.25, 0.3) is 0 Å². The molecule has 0 spiro atoms. The lowest BCUT2D eigenvalue weighted by Gasteiger charge is -2.33. The van der Waals surface area contributed by atoms with E-state index >= 15 is 0 Å². The summed E-state index contributed by atoms with van der Waals surface area (Å²) >= 11 is 0. The molecule has 1 atom stereocenters. The number of nitrogens with two attached hydrogens (primary N) is 1. The van der Waals surface area contributed by atoms with Gasteiger partial charge in [-0.1, -0.05) is 6.42 Å². The number of nitrogen functional groups attached to an aromatic ring is 1. The van der Waals surface area contributed by atoms with Gasteiger partial charge < -0.3 is 10.8 Å². The van der Waals surface area contributed by atoms with Crippen molar-refractivity contribution < 1.29 is 22.3 Å². The zero-order chi connectivity index (χ0) is 14.9. The number of hydrogen-bond acceptors (Lipinski definition) is 4. The summed E-state index contributed by atoms with van der Waals surface area (Å²) in [5, 5.41) is 9.24. The maximum atomic E-state index is 13.8. The summed E-state index contributed by atoms with van der Waals surface area (Å²) in [5.41, 5.74) is 5.09. The predicted octanol–water partition coefficient (Wildman–Crippen LogP) is 1.08. The fourth-order valence-corrected chi connectivity index (χ4v) is 4.20. The summed E-state index contributed by atoms with van der Waals surface area (Å²) in [5.74, 6) is -2.44. The molecule has 1 aliphatic rings. The number of aliphatic hydroxyl groups is 1. The number of anilines is 1. The average molecular weight is 306 g/mol. The van der Waals surface area contributed by atoms with Crippen molar-refractivity contribution in [2.24, 2.45) is 0 Å². The number of benzene rings is 1. The lowest BCUT2D eigenvalue weighted by molar-refractivity contribution is 0.154. The number of hydrogen-bond donors (Lipinski definition) is 2. The molecule has 2 rings (SSSR count). The van der Waals surface area contributed by atoms with E-state index in [0.29, 0.717) is 12.8 Å². The third kappa shape index (κ3) is 2.63. The van der Waals surface area contributed by atoms with Crippen molar-refractivity contribution in [1.29, 1.82) is 0 Å². The summed E-state index contributed by atoms with van der Waals surface area (Å²) in [7, 11) is -4.33. The van der Waals surface area contributed by atoms with Crippen molar-refractivity contribution >= 4 is 15.7 Å². The van der Waals surface area contributed by atoms with E-state index < -0.39 is 32.6 Å². The first-order valence-corrected chi connectivity index (χ1v) is 7.69. The highest BCUT2D eigenvalue weighted by Gasteiger charge is 2.36. The Morgan fingerprint density at radius 1 is 1.30 bits per heavy atom. The Kier molecular flexibility index (Phi) is 4.26. The molecule has 20 heavy (non-hydrogen) atoms. The Hall–Kier alpha value is -1.25. The number of sulfonamides is 1. The molecule has 1 saturated heterocycles. The Morgan fingerprint density at radius 3 is 2.45 bits per heavy atom. The summed E-state index contributed by atoms with van der Waals surface area (Å²) in [6.07, 6.45) is 1.83. The van der Waals surface area contributed by atoms with Crippen molar-refractivity contribution in [2.45, 2.75) is 30.2 Å². The molecular weight excluding hydrogens is 290 g/mol. The standard InChI is InChI=1S/C12H16F2N2O3S/c13-10-5-8(15)6-11(14)12(10)20(18,19)16-4-2-1-3-9(16)7-17/h5-6,9,17H,1-4,7,15H2. The number of aliphatic hydroxyl groups excluding tert-OH is 1. The van der Waals surface area contributed by atoms with Gasteiger partial charge in [-0.3, -0.25) is 0 Å². The number of rotatable bonds is 3. The van der Waals surface area contributed by atoms with Crippen LogP contribution in [-0.2, 0) is 10.0 Å². The normalized spacial score (nSPS) is 21.1. The van der Waals surface area contributed by atoms with Crippen molar-refractivity contribution in [3.05, 3.63) is 23.8 Å². The van der Waals surface area contributed by atoms with Crippen LogP contribution in [0.5, 0.6) is 0 Å². The molecule has 1 unspecified atom stereocenters. The van der Waals surface area contributed by atoms with Gasteiger partial charge in [-0.05, 0) is 25.0 Å². The first kappa shape index (κ1) is 15.1. The fourth-order valence-electron chi connectivity index (χ4n) is 2.42. The Bertz CT molecular complexity index is 584. The number of piperidine rings is 1. The largest absolute Gasteiger partial charge is 0.399 e. The quantitative estimate of drug-likeness (QED) is 0.819. The van der Waals surface area contributed by atoms with Crippen LogP contribution < -0.4 is 5.73 Å². The Balaban J connectivity index is 2.49. The molecule has 5 nitrogen and oxygen atoms in total. The highest BCUT2D eigenvalue weighted by molar-refractivity contribution is 7.89. The molecular formula is C12H16F2N2O3S. The summed E-state index contributed by atoms with van der Waals surface area (Å²) in [4.78, 5) is -1.01. The predicted molar refractivity (Wildman–Crippen MR) is 69.4 cm³/mol. The van der Waals surface area contributed by atoms with Crippen LogP contribution in [0.2, 0.25) is 0 Å². The van der Waals surface area contributed by atoms with Gasteiger partial charge in [0.1, 0.15) is 11.6 Å². The Morgan fingerprint density at radius 2 is 1.90 bits per heavy atom. The lowest BCUT2D eigenvalue weighted by atomic mass is 10.1. The molecule has 1 aromatic carbocycles. The minimum absolute atomic E-state index is 0.136. The molecule has 0 bridgehead atoms. The van der Waals surface area contributed by atoms with Gasteiger partial charge in [-0.2, -0.15) is 4.31 Å². The van der Waals surface area contributed by atoms with Crippen molar-refractivity contribution in [2.75, 3.05) is 18.9 Å². The van der Waals surface area contributed by atoms with E-state index in [2.05, 4.69) is 0 Å². The topological polar surface area (TPSA) is 83.6 Å². The van der Waals surface area contributed by atoms with Crippen LogP contribution >= 0.6 is 0 Å². The van der Waals surface area contributed by atoms with Gasteiger partial charge in [-0.25, -0.2) is 17.2 Å². The van der Waals surface area contributed by atoms with Gasteiger partial charge in [0.05, 0.1) is 6.61 Å². The van der Waals surface area contributed by atoms with Gasteiger partial charge in [0, 0.05) is 18.3 Å². The van der Waals surface area contributed by atoms with E-state index in [1.807, 2.05) is 0 Å². The van der Waals surface area contributed by atoms with Crippen molar-refractivity contribution in [3.63, 3.8) is 0 Å². The third-order valence-electron chi connectivity index (χ3n) is 3.37. The van der Waals surface area contributed by atoms with Gasteiger partial charge in [0.15, 0.2) is 4.90 Å². The smallest absolute Gasteiger partial charge is 0.249 e. The van der Waals surface area contributed by atoms with Crippen LogP contribution in [0.15, 0.2) is 17.0 Å². The third-order valence-corrected chi connectivity index (χ3v) is 5.38. The molecule has 1 heterocycles. The molecule has 0 amide bonds. The van der Waals surface area contributed by atoms with Crippen molar-refractivity contribution in [1.82, 2.24) is 4.31 Å². The molecule has 112 valence electrons. The molecule has 0 aromatic heterocycles. The van der Waals surface area contributed by atoms with Crippen LogP contribution in [0.1, 0.15) is 19.3 Å². The zero-order valence-electron chi connectivity index (χ0n) is 10.7. The van der Waals surface area contributed by atoms with E-state index in [0.717, 1.165) is 22.9 Å². The maximum Gasteiger partial charge on any atom is 0.249 e. The second-order valence-corrected chi connectivity index (χ2v) is 6.59. The minimum atomic E-state index is -4.33. The molecule has 1 aliphatic heterocycles. The first-order valence-electron chi connectivity index (χ1n) is 6.25. The fraction of sp³-hybridized carbons (Fsp3) is 0.500. The maximum absolute atomic E-state index is 13.8. The molecule has 8 heteroatoms. The van der Waals surface area contributed by atoms with Gasteiger partial charge in [0.25, 0.3) is 0 Å². The second-order valence-electron chi connectivity index (χ2n) is 4.76. The molecule has 1 fully saturated rings. The number of nitrogens with zero attached hydrogens (tertiary/aromatic N) is 1. The Labute approximate surface area is 116 Å². The van der Waals surface area contributed by atoms with Crippen LogP contribution in [0, 0.1) is 11.6 Å². The highest BCUT2D eigenvalue weighted by atomic mass is 32.2. The zero-order valence-corrected chi connectivity index (χ0v) is 11.5. The monoisotopic (exact) mass is 306 g/mol. The van der Waals surface area contributed by atoms with E-state index in [9.17, 15) is 22.3 Å². The van der Waals surface area contributed by atoms with Crippen LogP contribution in [-0.4, -0.2) is 37.0 Å².